The van der Waals surface area contributed by atoms with Crippen molar-refractivity contribution in [1.29, 1.82) is 0 Å². The number of anilines is 2. The fraction of sp³-hybridized carbons (Fsp3) is 0.208. The van der Waals surface area contributed by atoms with E-state index >= 15 is 0 Å². The van der Waals surface area contributed by atoms with Gasteiger partial charge in [-0.25, -0.2) is 4.79 Å². The monoisotopic (exact) mass is 485 g/mol. The molecule has 4 N–H and O–H groups in total. The van der Waals surface area contributed by atoms with Crippen LogP contribution in [0.2, 0.25) is 0 Å². The van der Waals surface area contributed by atoms with Crippen molar-refractivity contribution in [1.82, 2.24) is 15.2 Å². The summed E-state index contributed by atoms with van der Waals surface area (Å²) >= 11 is 0. The van der Waals surface area contributed by atoms with E-state index in [0.717, 1.165) is 12.1 Å². The molecule has 3 amide bonds. The number of carbonyl (C=O) groups excluding carboxylic acids is 2. The molecular formula is C24H22F3N5O3. The first-order valence-corrected chi connectivity index (χ1v) is 10.7. The van der Waals surface area contributed by atoms with E-state index in [0.29, 0.717) is 24.5 Å². The molecule has 35 heavy (non-hydrogen) atoms. The van der Waals surface area contributed by atoms with Gasteiger partial charge in [0.2, 0.25) is 0 Å². The minimum Gasteiger partial charge on any atom is -0.399 e. The topological polar surface area (TPSA) is 109 Å². The van der Waals surface area contributed by atoms with Crippen LogP contribution in [0.15, 0.2) is 65.6 Å². The second kappa shape index (κ2) is 9.16. The van der Waals surface area contributed by atoms with Crippen molar-refractivity contribution in [2.75, 3.05) is 23.7 Å². The van der Waals surface area contributed by atoms with E-state index in [1.165, 1.54) is 40.8 Å². The predicted octanol–water partition coefficient (Wildman–Crippen LogP) is 3.46. The predicted molar refractivity (Wildman–Crippen MR) is 125 cm³/mol. The quantitative estimate of drug-likeness (QED) is 0.481. The van der Waals surface area contributed by atoms with Crippen LogP contribution in [0.1, 0.15) is 34.5 Å². The van der Waals surface area contributed by atoms with Crippen LogP contribution in [0.3, 0.4) is 0 Å². The number of alkyl halides is 3. The van der Waals surface area contributed by atoms with E-state index in [1.807, 2.05) is 0 Å². The first kappa shape index (κ1) is 23.9. The number of nitrogen functional groups attached to an aromatic ring is 1. The molecule has 3 aromatic rings. The van der Waals surface area contributed by atoms with E-state index in [-0.39, 0.29) is 22.8 Å². The van der Waals surface area contributed by atoms with Crippen LogP contribution < -0.4 is 26.8 Å². The number of pyridine rings is 1. The lowest BCUT2D eigenvalue weighted by Gasteiger charge is -2.18. The molecule has 1 aliphatic heterocycles. The largest absolute Gasteiger partial charge is 0.416 e. The van der Waals surface area contributed by atoms with Gasteiger partial charge in [-0.15, -0.1) is 0 Å². The first-order chi connectivity index (χ1) is 16.5. The summed E-state index contributed by atoms with van der Waals surface area (Å²) < 4.78 is 40.7. The van der Waals surface area contributed by atoms with Gasteiger partial charge in [0.25, 0.3) is 11.5 Å². The lowest BCUT2D eigenvalue weighted by atomic mass is 10.0. The minimum atomic E-state index is -4.58. The van der Waals surface area contributed by atoms with Gasteiger partial charge < -0.3 is 16.4 Å². The molecule has 1 aliphatic rings. The van der Waals surface area contributed by atoms with Gasteiger partial charge in [-0.1, -0.05) is 6.07 Å². The third-order valence-electron chi connectivity index (χ3n) is 5.60. The van der Waals surface area contributed by atoms with Gasteiger partial charge in [0.1, 0.15) is 0 Å². The second-order valence-corrected chi connectivity index (χ2v) is 8.11. The summed E-state index contributed by atoms with van der Waals surface area (Å²) in [5.41, 5.74) is 5.60. The number of aromatic nitrogens is 1. The molecule has 0 aliphatic carbocycles. The van der Waals surface area contributed by atoms with Crippen molar-refractivity contribution < 1.29 is 22.8 Å². The molecule has 2 aromatic carbocycles. The van der Waals surface area contributed by atoms with Crippen LogP contribution in [0, 0.1) is 0 Å². The Morgan fingerprint density at radius 3 is 2.51 bits per heavy atom. The van der Waals surface area contributed by atoms with Gasteiger partial charge in [0.15, 0.2) is 0 Å². The van der Waals surface area contributed by atoms with Crippen molar-refractivity contribution in [2.24, 2.45) is 0 Å². The molecule has 1 atom stereocenters. The van der Waals surface area contributed by atoms with E-state index < -0.39 is 29.2 Å². The number of urea groups is 1. The Morgan fingerprint density at radius 2 is 1.83 bits per heavy atom. The normalized spacial score (nSPS) is 14.5. The van der Waals surface area contributed by atoms with Crippen molar-refractivity contribution in [3.05, 3.63) is 87.8 Å². The number of rotatable bonds is 5. The highest BCUT2D eigenvalue weighted by Crippen LogP contribution is 2.32. The minimum absolute atomic E-state index is 0.0731. The zero-order valence-electron chi connectivity index (χ0n) is 18.6. The zero-order valence-corrected chi connectivity index (χ0v) is 18.6. The molecule has 1 aromatic heterocycles. The fourth-order valence-electron chi connectivity index (χ4n) is 3.81. The molecule has 182 valence electrons. The van der Waals surface area contributed by atoms with Crippen LogP contribution >= 0.6 is 0 Å². The Balaban J connectivity index is 1.59. The molecule has 8 nitrogen and oxygen atoms in total. The second-order valence-electron chi connectivity index (χ2n) is 8.11. The van der Waals surface area contributed by atoms with Crippen molar-refractivity contribution in [3.63, 3.8) is 0 Å². The van der Waals surface area contributed by atoms with E-state index in [1.54, 1.807) is 24.3 Å². The third kappa shape index (κ3) is 5.13. The smallest absolute Gasteiger partial charge is 0.399 e. The number of hydrogen-bond acceptors (Lipinski definition) is 4. The first-order valence-electron chi connectivity index (χ1n) is 10.7. The molecule has 4 rings (SSSR count). The highest BCUT2D eigenvalue weighted by molar-refractivity contribution is 5.95. The summed E-state index contributed by atoms with van der Waals surface area (Å²) in [7, 11) is 0. The van der Waals surface area contributed by atoms with Gasteiger partial charge in [0.05, 0.1) is 22.9 Å². The van der Waals surface area contributed by atoms with Crippen LogP contribution in [-0.4, -0.2) is 29.6 Å². The van der Waals surface area contributed by atoms with Gasteiger partial charge in [-0.3, -0.25) is 19.1 Å². The Bertz CT molecular complexity index is 1350. The average Bonchev–Trinajstić information content (AvgIpc) is 3.24. The summed E-state index contributed by atoms with van der Waals surface area (Å²) in [5.74, 6) is -0.586. The van der Waals surface area contributed by atoms with Crippen LogP contribution in [0.4, 0.5) is 29.3 Å². The molecule has 1 fully saturated rings. The maximum Gasteiger partial charge on any atom is 0.416 e. The van der Waals surface area contributed by atoms with Crippen molar-refractivity contribution in [3.8, 4) is 5.69 Å². The van der Waals surface area contributed by atoms with Crippen LogP contribution in [0.5, 0.6) is 0 Å². The highest BCUT2D eigenvalue weighted by Gasteiger charge is 2.31. The van der Waals surface area contributed by atoms with Gasteiger partial charge >= 0.3 is 12.2 Å². The number of nitrogens with two attached hydrogens (primary N) is 1. The number of benzene rings is 2. The zero-order chi connectivity index (χ0) is 25.3. The Morgan fingerprint density at radius 1 is 1.09 bits per heavy atom. The average molecular weight is 485 g/mol. The Labute approximate surface area is 198 Å². The standard InChI is InChI=1S/C24H22F3N5O3/c1-14(16-9-17(24(25,26)27)11-18(28)10-16)30-22(34)15-5-6-21(33)32(13-15)20-4-2-3-19(12-20)31-8-7-29-23(31)35/h2-6,9-14H,7-8,28H2,1H3,(H,29,35)(H,30,34)/t14-/m1/s1. The van der Waals surface area contributed by atoms with Crippen LogP contribution in [-0.2, 0) is 6.18 Å². The number of halogens is 3. The summed E-state index contributed by atoms with van der Waals surface area (Å²) in [6.45, 7) is 2.53. The van der Waals surface area contributed by atoms with Crippen molar-refractivity contribution >= 4 is 23.3 Å². The summed E-state index contributed by atoms with van der Waals surface area (Å²) in [6.07, 6.45) is -3.23. The van der Waals surface area contributed by atoms with Gasteiger partial charge in [-0.2, -0.15) is 13.2 Å². The molecule has 0 bridgehead atoms. The fourth-order valence-corrected chi connectivity index (χ4v) is 3.81. The molecule has 0 saturated carbocycles. The SMILES string of the molecule is C[C@@H](NC(=O)c1ccc(=O)n(-c2cccc(N3CCNC3=O)c2)c1)c1cc(N)cc(C(F)(F)F)c1. The lowest BCUT2D eigenvalue weighted by Crippen LogP contribution is -2.29. The molecule has 11 heteroatoms. The number of hydrogen-bond donors (Lipinski definition) is 3. The molecule has 2 heterocycles. The highest BCUT2D eigenvalue weighted by atomic mass is 19.4. The summed E-state index contributed by atoms with van der Waals surface area (Å²) in [6, 6.07) is 11.4. The molecule has 0 spiro atoms. The van der Waals surface area contributed by atoms with E-state index in [2.05, 4.69) is 10.6 Å². The number of amides is 3. The summed E-state index contributed by atoms with van der Waals surface area (Å²) in [4.78, 5) is 38.9. The van der Waals surface area contributed by atoms with Crippen LogP contribution in [0.25, 0.3) is 5.69 Å². The van der Waals surface area contributed by atoms with Gasteiger partial charge in [0, 0.05) is 36.7 Å². The number of nitrogens with zero attached hydrogens (tertiary/aromatic N) is 2. The Kier molecular flexibility index (Phi) is 6.25. The van der Waals surface area contributed by atoms with Crippen molar-refractivity contribution in [2.45, 2.75) is 19.1 Å². The molecule has 0 radical (unpaired) electrons. The number of carbonyl (C=O) groups is 2. The molecular weight excluding hydrogens is 463 g/mol. The Hall–Kier alpha value is -4.28. The molecule has 0 unspecified atom stereocenters. The lowest BCUT2D eigenvalue weighted by molar-refractivity contribution is -0.137. The third-order valence-corrected chi connectivity index (χ3v) is 5.60. The number of nitrogens with one attached hydrogen (secondary N) is 2. The van der Waals surface area contributed by atoms with Gasteiger partial charge in [-0.05, 0) is 55.0 Å². The maximum atomic E-state index is 13.1. The van der Waals surface area contributed by atoms with E-state index in [4.69, 9.17) is 5.73 Å². The molecule has 1 saturated heterocycles. The summed E-state index contributed by atoms with van der Waals surface area (Å²) in [5, 5.41) is 5.34. The van der Waals surface area contributed by atoms with E-state index in [9.17, 15) is 27.6 Å². The maximum absolute atomic E-state index is 13.1.